The first-order valence-electron chi connectivity index (χ1n) is 13.3. The largest absolute Gasteiger partial charge is 0.478 e. The SMILES string of the molecule is ClC(Cl)Cl.O=C(Cl)C(Oc1cccc(C(F)(F)F)c1)c1ccc(Cl)cc1.O=C(O)C(Oc1cccc(C(F)(F)F)c1)c1ccc(Cl)cc1.O=S(Cl)Cl. The van der Waals surface area contributed by atoms with Crippen LogP contribution in [-0.4, -0.2) is 24.8 Å². The maximum absolute atomic E-state index is 12.7. The van der Waals surface area contributed by atoms with E-state index in [-0.39, 0.29) is 17.1 Å². The predicted octanol–water partition coefficient (Wildman–Crippen LogP) is 12.8. The van der Waals surface area contributed by atoms with Crippen molar-refractivity contribution in [2.45, 2.75) is 28.9 Å². The first-order valence-corrected chi connectivity index (χ1v) is 18.5. The summed E-state index contributed by atoms with van der Waals surface area (Å²) in [4.78, 5) is 22.8. The summed E-state index contributed by atoms with van der Waals surface area (Å²) >= 11 is 31.4. The van der Waals surface area contributed by atoms with Gasteiger partial charge in [-0.25, -0.2) is 9.00 Å². The molecule has 0 aliphatic rings. The Balaban J connectivity index is 0.000000431. The number of carboxylic acid groups (broad SMARTS) is 1. The molecular formula is C31H20Cl8F6O6S. The molecule has 4 rings (SSSR count). The van der Waals surface area contributed by atoms with E-state index in [4.69, 9.17) is 83.3 Å². The Morgan fingerprint density at radius 1 is 0.635 bits per heavy atom. The Labute approximate surface area is 333 Å². The molecule has 21 heteroatoms. The Bertz CT molecular complexity index is 1620. The molecule has 0 saturated heterocycles. The van der Waals surface area contributed by atoms with Crippen LogP contribution in [0.1, 0.15) is 34.5 Å². The fraction of sp³-hybridized carbons (Fsp3) is 0.161. The summed E-state index contributed by atoms with van der Waals surface area (Å²) in [5.41, 5.74) is -1.12. The lowest BCUT2D eigenvalue weighted by Gasteiger charge is -2.17. The molecule has 4 aromatic carbocycles. The number of aliphatic carboxylic acids is 1. The van der Waals surface area contributed by atoms with Crippen molar-refractivity contribution in [1.29, 1.82) is 0 Å². The van der Waals surface area contributed by atoms with Gasteiger partial charge in [0, 0.05) is 42.5 Å². The highest BCUT2D eigenvalue weighted by Gasteiger charge is 2.32. The summed E-state index contributed by atoms with van der Waals surface area (Å²) in [5, 5.41) is 9.22. The average Bonchev–Trinajstić information content (AvgIpc) is 3.03. The molecule has 2 unspecified atom stereocenters. The molecule has 0 radical (unpaired) electrons. The maximum atomic E-state index is 12.7. The van der Waals surface area contributed by atoms with E-state index in [2.05, 4.69) is 21.4 Å². The highest BCUT2D eigenvalue weighted by atomic mass is 36.0. The monoisotopic (exact) mass is 914 g/mol. The van der Waals surface area contributed by atoms with Crippen molar-refractivity contribution in [2.24, 2.45) is 0 Å². The quantitative estimate of drug-likeness (QED) is 0.108. The molecule has 2 atom stereocenters. The number of carbonyl (C=O) groups is 2. The van der Waals surface area contributed by atoms with Crippen molar-refractivity contribution in [3.05, 3.63) is 129 Å². The molecule has 0 aromatic heterocycles. The fourth-order valence-electron chi connectivity index (χ4n) is 3.55. The third-order valence-corrected chi connectivity index (χ3v) is 6.31. The van der Waals surface area contributed by atoms with E-state index < -0.39 is 60.4 Å². The highest BCUT2D eigenvalue weighted by molar-refractivity contribution is 8.26. The Morgan fingerprint density at radius 2 is 0.942 bits per heavy atom. The second-order valence-corrected chi connectivity index (χ2v) is 15.0. The van der Waals surface area contributed by atoms with E-state index in [1.165, 1.54) is 66.7 Å². The van der Waals surface area contributed by atoms with Gasteiger partial charge in [0.1, 0.15) is 11.5 Å². The van der Waals surface area contributed by atoms with E-state index in [9.17, 15) is 41.0 Å². The van der Waals surface area contributed by atoms with Crippen molar-refractivity contribution >= 4 is 111 Å². The maximum Gasteiger partial charge on any atom is 0.416 e. The van der Waals surface area contributed by atoms with Crippen LogP contribution in [0.4, 0.5) is 26.3 Å². The Morgan fingerprint density at radius 3 is 1.23 bits per heavy atom. The molecule has 4 aromatic rings. The number of hydrogen-bond donors (Lipinski definition) is 1. The van der Waals surface area contributed by atoms with Crippen molar-refractivity contribution < 1.29 is 54.7 Å². The van der Waals surface area contributed by atoms with Crippen LogP contribution in [0.5, 0.6) is 11.5 Å². The number of alkyl halides is 9. The summed E-state index contributed by atoms with van der Waals surface area (Å²) in [5.74, 6) is -1.61. The topological polar surface area (TPSA) is 89.9 Å². The van der Waals surface area contributed by atoms with Crippen LogP contribution in [0, 0.1) is 0 Å². The number of halogens is 14. The second-order valence-electron chi connectivity index (χ2n) is 9.22. The van der Waals surface area contributed by atoms with Crippen LogP contribution in [-0.2, 0) is 31.2 Å². The third-order valence-electron chi connectivity index (χ3n) is 5.61. The van der Waals surface area contributed by atoms with E-state index in [1.807, 2.05) is 0 Å². The first-order chi connectivity index (χ1) is 24.0. The molecule has 0 aliphatic carbocycles. The van der Waals surface area contributed by atoms with Crippen LogP contribution in [0.25, 0.3) is 0 Å². The lowest BCUT2D eigenvalue weighted by atomic mass is 10.1. The minimum Gasteiger partial charge on any atom is -0.478 e. The van der Waals surface area contributed by atoms with E-state index in [0.29, 0.717) is 15.6 Å². The van der Waals surface area contributed by atoms with Crippen LogP contribution >= 0.6 is 91.0 Å². The van der Waals surface area contributed by atoms with Crippen LogP contribution in [0.2, 0.25) is 10.0 Å². The molecule has 52 heavy (non-hydrogen) atoms. The standard InChI is InChI=1S/C15H9Cl2F3O2.C15H10ClF3O3.CHCl3.Cl2OS/c16-11-6-4-9(5-7-11)13(14(17)21)22-12-3-1-2-10(8-12)15(18,19)20;16-11-6-4-9(5-7-11)13(14(20)21)22-12-3-1-2-10(8-12)15(17,18)19;2-1(3)4;1-4(2)3/h1-8,13H;1-8,13H,(H,20,21);1H;. The minimum atomic E-state index is -4.53. The van der Waals surface area contributed by atoms with Gasteiger partial charge in [0.2, 0.25) is 15.3 Å². The van der Waals surface area contributed by atoms with E-state index in [1.54, 1.807) is 0 Å². The molecular weight excluding hydrogens is 898 g/mol. The van der Waals surface area contributed by atoms with Crippen molar-refractivity contribution in [3.8, 4) is 11.5 Å². The van der Waals surface area contributed by atoms with Gasteiger partial charge in [-0.2, -0.15) is 26.3 Å². The average molecular weight is 918 g/mol. The zero-order valence-electron chi connectivity index (χ0n) is 25.2. The predicted molar refractivity (Wildman–Crippen MR) is 192 cm³/mol. The molecule has 0 spiro atoms. The zero-order valence-corrected chi connectivity index (χ0v) is 32.0. The van der Waals surface area contributed by atoms with Gasteiger partial charge in [-0.3, -0.25) is 4.79 Å². The molecule has 0 aliphatic heterocycles. The van der Waals surface area contributed by atoms with Crippen molar-refractivity contribution in [1.82, 2.24) is 0 Å². The Hall–Kier alpha value is -2.33. The van der Waals surface area contributed by atoms with Crippen molar-refractivity contribution in [3.63, 3.8) is 0 Å². The first kappa shape index (κ1) is 47.7. The normalized spacial score (nSPS) is 12.2. The van der Waals surface area contributed by atoms with Crippen LogP contribution < -0.4 is 9.47 Å². The summed E-state index contributed by atoms with van der Waals surface area (Å²) in [6.07, 6.45) is -11.7. The number of carbonyl (C=O) groups excluding carboxylic acids is 1. The van der Waals surface area contributed by atoms with E-state index >= 15 is 0 Å². The third kappa shape index (κ3) is 19.1. The lowest BCUT2D eigenvalue weighted by Crippen LogP contribution is -2.18. The Kier molecular flexibility index (Phi) is 20.9. The van der Waals surface area contributed by atoms with E-state index in [0.717, 1.165) is 30.3 Å². The lowest BCUT2D eigenvalue weighted by molar-refractivity contribution is -0.145. The smallest absolute Gasteiger partial charge is 0.416 e. The summed E-state index contributed by atoms with van der Waals surface area (Å²) < 4.78 is 94.8. The van der Waals surface area contributed by atoms with Gasteiger partial charge >= 0.3 is 18.3 Å². The van der Waals surface area contributed by atoms with Gasteiger partial charge in [0.25, 0.3) is 5.24 Å². The summed E-state index contributed by atoms with van der Waals surface area (Å²) in [7, 11) is 7.36. The van der Waals surface area contributed by atoms with Gasteiger partial charge in [0.05, 0.1) is 11.1 Å². The molecule has 1 N–H and O–H groups in total. The van der Waals surface area contributed by atoms with Gasteiger partial charge < -0.3 is 14.6 Å². The van der Waals surface area contributed by atoms with Crippen molar-refractivity contribution in [2.75, 3.05) is 0 Å². The summed E-state index contributed by atoms with van der Waals surface area (Å²) in [6.45, 7) is 0. The molecule has 6 nitrogen and oxygen atoms in total. The van der Waals surface area contributed by atoms with Gasteiger partial charge in [-0.15, -0.1) is 0 Å². The minimum absolute atomic E-state index is 0.108. The number of ether oxygens (including phenoxy) is 2. The molecule has 284 valence electrons. The number of rotatable bonds is 8. The van der Waals surface area contributed by atoms with Gasteiger partial charge in [-0.1, -0.05) is 94.4 Å². The van der Waals surface area contributed by atoms with Gasteiger partial charge in [0.15, 0.2) is 10.4 Å². The van der Waals surface area contributed by atoms with Gasteiger partial charge in [-0.05, 0) is 72.3 Å². The van der Waals surface area contributed by atoms with Crippen LogP contribution in [0.3, 0.4) is 0 Å². The number of benzene rings is 4. The fourth-order valence-corrected chi connectivity index (χ4v) is 3.97. The molecule has 0 bridgehead atoms. The molecule has 0 heterocycles. The summed E-state index contributed by atoms with van der Waals surface area (Å²) in [6, 6.07) is 20.2. The molecule has 0 fully saturated rings. The van der Waals surface area contributed by atoms with Crippen LogP contribution in [0.15, 0.2) is 97.1 Å². The molecule has 0 saturated carbocycles. The highest BCUT2D eigenvalue weighted by Crippen LogP contribution is 2.34. The number of carboxylic acids is 1. The second kappa shape index (κ2) is 22.8. The number of hydrogen-bond acceptors (Lipinski definition) is 5. The molecule has 0 amide bonds. The zero-order chi connectivity index (χ0) is 39.8.